The molecule has 0 bridgehead atoms. The van der Waals surface area contributed by atoms with Crippen LogP contribution in [-0.4, -0.2) is 33.5 Å². The summed E-state index contributed by atoms with van der Waals surface area (Å²) in [6, 6.07) is 19.1. The Labute approximate surface area is 192 Å². The van der Waals surface area contributed by atoms with Gasteiger partial charge in [-0.1, -0.05) is 47.5 Å². The summed E-state index contributed by atoms with van der Waals surface area (Å²) in [5, 5.41) is 0.384. The maximum absolute atomic E-state index is 13.6. The molecule has 164 valence electrons. The smallest absolute Gasteiger partial charge is 0.269 e. The van der Waals surface area contributed by atoms with E-state index in [4.69, 9.17) is 16.3 Å². The van der Waals surface area contributed by atoms with Gasteiger partial charge in [-0.3, -0.25) is 9.10 Å². The first-order valence-corrected chi connectivity index (χ1v) is 12.1. The molecule has 0 spiro atoms. The van der Waals surface area contributed by atoms with Crippen molar-refractivity contribution in [3.63, 3.8) is 0 Å². The topological polar surface area (TPSA) is 66.9 Å². The van der Waals surface area contributed by atoms with Gasteiger partial charge in [-0.2, -0.15) is 0 Å². The molecule has 2 aliphatic rings. The third kappa shape index (κ3) is 3.51. The molecule has 0 saturated heterocycles. The summed E-state index contributed by atoms with van der Waals surface area (Å²) in [6.07, 6.45) is -0.221. The number of amides is 1. The van der Waals surface area contributed by atoms with Crippen molar-refractivity contribution in [2.24, 2.45) is 0 Å². The van der Waals surface area contributed by atoms with E-state index in [1.807, 2.05) is 31.2 Å². The lowest BCUT2D eigenvalue weighted by atomic mass is 10.1. The number of carbonyl (C=O) groups excluding carboxylic acids is 1. The molecule has 0 aromatic heterocycles. The van der Waals surface area contributed by atoms with Crippen molar-refractivity contribution in [1.82, 2.24) is 0 Å². The molecule has 0 aliphatic carbocycles. The quantitative estimate of drug-likeness (QED) is 0.578. The van der Waals surface area contributed by atoms with Crippen molar-refractivity contribution < 1.29 is 17.9 Å². The lowest BCUT2D eigenvalue weighted by Gasteiger charge is -2.36. The van der Waals surface area contributed by atoms with Crippen LogP contribution in [0.2, 0.25) is 5.02 Å². The molecule has 2 aliphatic heterocycles. The van der Waals surface area contributed by atoms with Crippen molar-refractivity contribution >= 4 is 38.9 Å². The number of nitrogens with zero attached hydrogens (tertiary/aromatic N) is 2. The summed E-state index contributed by atoms with van der Waals surface area (Å²) in [6.45, 7) is 2.29. The van der Waals surface area contributed by atoms with Gasteiger partial charge in [0.25, 0.3) is 15.9 Å². The Balaban J connectivity index is 1.54. The van der Waals surface area contributed by atoms with Crippen LogP contribution in [0.25, 0.3) is 0 Å². The molecule has 8 heteroatoms. The Kier molecular flexibility index (Phi) is 5.10. The second-order valence-corrected chi connectivity index (χ2v) is 10.2. The predicted octanol–water partition coefficient (Wildman–Crippen LogP) is 4.19. The van der Waals surface area contributed by atoms with E-state index in [1.165, 1.54) is 4.31 Å². The summed E-state index contributed by atoms with van der Waals surface area (Å²) in [5.41, 5.74) is 3.21. The minimum Gasteiger partial charge on any atom is -0.476 e. The fraction of sp³-hybridized carbons (Fsp3) is 0.208. The fourth-order valence-electron chi connectivity index (χ4n) is 4.16. The SMILES string of the molecule is Cc1ccc(S(=O)(=O)N2CC(C(=O)N3CCc4ccccc43)Oc3ccc(Cl)cc32)cc1. The number of anilines is 2. The summed E-state index contributed by atoms with van der Waals surface area (Å²) in [5.74, 6) is 0.0434. The zero-order valence-electron chi connectivity index (χ0n) is 17.4. The molecule has 3 aromatic rings. The first-order valence-electron chi connectivity index (χ1n) is 10.3. The summed E-state index contributed by atoms with van der Waals surface area (Å²) < 4.78 is 34.4. The second kappa shape index (κ2) is 7.83. The van der Waals surface area contributed by atoms with Gasteiger partial charge in [0, 0.05) is 17.3 Å². The number of hydrogen-bond acceptors (Lipinski definition) is 4. The molecule has 3 aromatic carbocycles. The van der Waals surface area contributed by atoms with E-state index in [0.29, 0.717) is 23.0 Å². The summed E-state index contributed by atoms with van der Waals surface area (Å²) in [4.78, 5) is 15.3. The van der Waals surface area contributed by atoms with E-state index in [-0.39, 0.29) is 17.3 Å². The number of para-hydroxylation sites is 1. The minimum absolute atomic E-state index is 0.138. The molecule has 6 nitrogen and oxygen atoms in total. The maximum Gasteiger partial charge on any atom is 0.269 e. The molecule has 0 saturated carbocycles. The Morgan fingerprint density at radius 1 is 1.03 bits per heavy atom. The number of hydrogen-bond donors (Lipinski definition) is 0. The molecule has 1 atom stereocenters. The molecule has 0 fully saturated rings. The standard InChI is InChI=1S/C24H21ClN2O4S/c1-16-6-9-19(10-7-16)32(29,30)27-15-23(31-22-11-8-18(25)14-21(22)27)24(28)26-13-12-17-4-2-3-5-20(17)26/h2-11,14,23H,12-13,15H2,1H3. The van der Waals surface area contributed by atoms with Gasteiger partial charge in [0.2, 0.25) is 0 Å². The monoisotopic (exact) mass is 468 g/mol. The number of sulfonamides is 1. The van der Waals surface area contributed by atoms with Crippen LogP contribution >= 0.6 is 11.6 Å². The number of carbonyl (C=O) groups is 1. The fourth-order valence-corrected chi connectivity index (χ4v) is 5.79. The van der Waals surface area contributed by atoms with E-state index in [2.05, 4.69) is 0 Å². The predicted molar refractivity (Wildman–Crippen MR) is 124 cm³/mol. The Bertz CT molecular complexity index is 1310. The van der Waals surface area contributed by atoms with Crippen LogP contribution in [0.1, 0.15) is 11.1 Å². The first-order chi connectivity index (χ1) is 15.3. The average molecular weight is 469 g/mol. The van der Waals surface area contributed by atoms with E-state index >= 15 is 0 Å². The lowest BCUT2D eigenvalue weighted by molar-refractivity contribution is -0.125. The van der Waals surface area contributed by atoms with Crippen LogP contribution in [0.5, 0.6) is 5.75 Å². The molecule has 32 heavy (non-hydrogen) atoms. The van der Waals surface area contributed by atoms with Gasteiger partial charge in [-0.05, 0) is 55.3 Å². The van der Waals surface area contributed by atoms with Gasteiger partial charge in [-0.25, -0.2) is 8.42 Å². The second-order valence-electron chi connectivity index (χ2n) is 7.94. The molecule has 2 heterocycles. The van der Waals surface area contributed by atoms with Gasteiger partial charge in [0.15, 0.2) is 6.10 Å². The molecular weight excluding hydrogens is 448 g/mol. The number of aryl methyl sites for hydroxylation is 1. The summed E-state index contributed by atoms with van der Waals surface area (Å²) >= 11 is 6.17. The molecular formula is C24H21ClN2O4S. The molecule has 1 amide bonds. The third-order valence-corrected chi connectivity index (χ3v) is 7.86. The van der Waals surface area contributed by atoms with Crippen molar-refractivity contribution in [3.05, 3.63) is 82.9 Å². The Morgan fingerprint density at radius 2 is 1.78 bits per heavy atom. The largest absolute Gasteiger partial charge is 0.476 e. The molecule has 1 unspecified atom stereocenters. The molecule has 0 N–H and O–H groups in total. The van der Waals surface area contributed by atoms with Crippen LogP contribution in [0.3, 0.4) is 0 Å². The zero-order valence-corrected chi connectivity index (χ0v) is 18.9. The highest BCUT2D eigenvalue weighted by atomic mass is 35.5. The molecule has 0 radical (unpaired) electrons. The van der Waals surface area contributed by atoms with Gasteiger partial charge in [0.1, 0.15) is 5.75 Å². The van der Waals surface area contributed by atoms with Crippen LogP contribution < -0.4 is 13.9 Å². The van der Waals surface area contributed by atoms with Gasteiger partial charge in [0.05, 0.1) is 17.1 Å². The lowest BCUT2D eigenvalue weighted by Crippen LogP contribution is -2.51. The van der Waals surface area contributed by atoms with Crippen molar-refractivity contribution in [2.75, 3.05) is 22.3 Å². The zero-order chi connectivity index (χ0) is 22.5. The van der Waals surface area contributed by atoms with Gasteiger partial charge < -0.3 is 9.64 Å². The Hall–Kier alpha value is -3.03. The van der Waals surface area contributed by atoms with Gasteiger partial charge in [-0.15, -0.1) is 0 Å². The number of benzene rings is 3. The number of ether oxygens (including phenoxy) is 1. The summed E-state index contributed by atoms with van der Waals surface area (Å²) in [7, 11) is -3.94. The average Bonchev–Trinajstić information content (AvgIpc) is 3.22. The van der Waals surface area contributed by atoms with Crippen LogP contribution in [0.4, 0.5) is 11.4 Å². The number of fused-ring (bicyclic) bond motifs is 2. The van der Waals surface area contributed by atoms with E-state index < -0.39 is 16.1 Å². The Morgan fingerprint density at radius 3 is 2.56 bits per heavy atom. The number of rotatable bonds is 3. The molecule has 5 rings (SSSR count). The van der Waals surface area contributed by atoms with Crippen molar-refractivity contribution in [1.29, 1.82) is 0 Å². The van der Waals surface area contributed by atoms with E-state index in [1.54, 1.807) is 47.4 Å². The third-order valence-electron chi connectivity index (χ3n) is 5.83. The van der Waals surface area contributed by atoms with Gasteiger partial charge >= 0.3 is 0 Å². The van der Waals surface area contributed by atoms with E-state index in [9.17, 15) is 13.2 Å². The van der Waals surface area contributed by atoms with Crippen LogP contribution in [-0.2, 0) is 21.2 Å². The van der Waals surface area contributed by atoms with E-state index in [0.717, 1.165) is 23.2 Å². The highest BCUT2D eigenvalue weighted by Gasteiger charge is 2.40. The number of halogens is 1. The highest BCUT2D eigenvalue weighted by molar-refractivity contribution is 7.92. The van der Waals surface area contributed by atoms with Crippen molar-refractivity contribution in [3.8, 4) is 5.75 Å². The first kappa shape index (κ1) is 20.8. The normalized spacial score (nSPS) is 17.5. The minimum atomic E-state index is -3.94. The highest BCUT2D eigenvalue weighted by Crippen LogP contribution is 2.40. The van der Waals surface area contributed by atoms with Crippen LogP contribution in [0, 0.1) is 6.92 Å². The van der Waals surface area contributed by atoms with Crippen molar-refractivity contribution in [2.45, 2.75) is 24.3 Å². The van der Waals surface area contributed by atoms with Crippen LogP contribution in [0.15, 0.2) is 71.6 Å². The maximum atomic E-state index is 13.6.